The molecule has 0 saturated carbocycles. The molecule has 4 rings (SSSR count). The Labute approximate surface area is 210 Å². The molecule has 3 aromatic rings. The molecule has 0 atom stereocenters. The van der Waals surface area contributed by atoms with Crippen molar-refractivity contribution in [3.05, 3.63) is 83.4 Å². The molecule has 0 aromatic heterocycles. The normalized spacial score (nSPS) is 13.0. The first-order chi connectivity index (χ1) is 17.5. The quantitative estimate of drug-likeness (QED) is 0.346. The van der Waals surface area contributed by atoms with Crippen molar-refractivity contribution in [3.8, 4) is 11.5 Å². The van der Waals surface area contributed by atoms with Crippen LogP contribution in [0.25, 0.3) is 0 Å². The van der Waals surface area contributed by atoms with Crippen LogP contribution in [0.5, 0.6) is 11.5 Å². The lowest BCUT2D eigenvalue weighted by atomic mass is 10.2. The molecule has 1 heterocycles. The van der Waals surface area contributed by atoms with Crippen molar-refractivity contribution in [2.45, 2.75) is 19.8 Å². The Balaban J connectivity index is 1.29. The number of rotatable bonds is 9. The van der Waals surface area contributed by atoms with Crippen molar-refractivity contribution in [2.75, 3.05) is 37.0 Å². The highest BCUT2D eigenvalue weighted by Crippen LogP contribution is 2.27. The third-order valence-electron chi connectivity index (χ3n) is 5.86. The van der Waals surface area contributed by atoms with Crippen molar-refractivity contribution < 1.29 is 19.1 Å². The Morgan fingerprint density at radius 1 is 0.972 bits per heavy atom. The highest BCUT2D eigenvalue weighted by molar-refractivity contribution is 5.95. The number of methoxy groups -OCH3 is 1. The van der Waals surface area contributed by atoms with Crippen LogP contribution in [-0.4, -0.2) is 44.8 Å². The van der Waals surface area contributed by atoms with Crippen molar-refractivity contribution in [3.63, 3.8) is 0 Å². The summed E-state index contributed by atoms with van der Waals surface area (Å²) in [6.07, 6.45) is 3.93. The number of hydrogen-bond donors (Lipinski definition) is 2. The van der Waals surface area contributed by atoms with E-state index >= 15 is 0 Å². The molecule has 1 fully saturated rings. The van der Waals surface area contributed by atoms with Crippen molar-refractivity contribution in [1.29, 1.82) is 0 Å². The van der Waals surface area contributed by atoms with E-state index in [2.05, 4.69) is 20.7 Å². The SMILES string of the molecule is COc1cc(/C=N\NC(=O)c2ccc(N3CCCC3)cc2)ccc1OCC(=O)Nc1ccc(C)cc1. The van der Waals surface area contributed by atoms with E-state index in [1.165, 1.54) is 26.2 Å². The van der Waals surface area contributed by atoms with Crippen LogP contribution in [0.3, 0.4) is 0 Å². The fourth-order valence-corrected chi connectivity index (χ4v) is 3.89. The summed E-state index contributed by atoms with van der Waals surface area (Å²) in [4.78, 5) is 26.9. The minimum atomic E-state index is -0.286. The lowest BCUT2D eigenvalue weighted by Gasteiger charge is -2.17. The molecule has 1 aliphatic rings. The summed E-state index contributed by atoms with van der Waals surface area (Å²) in [6, 6.07) is 20.2. The number of benzene rings is 3. The Hall–Kier alpha value is -4.33. The zero-order chi connectivity index (χ0) is 25.3. The number of nitrogens with one attached hydrogen (secondary N) is 2. The van der Waals surface area contributed by atoms with Crippen molar-refractivity contribution >= 4 is 29.4 Å². The minimum Gasteiger partial charge on any atom is -0.493 e. The van der Waals surface area contributed by atoms with Crippen LogP contribution in [0.2, 0.25) is 0 Å². The lowest BCUT2D eigenvalue weighted by molar-refractivity contribution is -0.118. The van der Waals surface area contributed by atoms with Crippen LogP contribution in [0.15, 0.2) is 71.8 Å². The van der Waals surface area contributed by atoms with Gasteiger partial charge in [0.05, 0.1) is 13.3 Å². The molecule has 186 valence electrons. The van der Waals surface area contributed by atoms with E-state index in [4.69, 9.17) is 9.47 Å². The summed E-state index contributed by atoms with van der Waals surface area (Å²) in [5.41, 5.74) is 6.75. The zero-order valence-corrected chi connectivity index (χ0v) is 20.5. The molecular formula is C28H30N4O4. The minimum absolute atomic E-state index is 0.162. The molecule has 8 nitrogen and oxygen atoms in total. The second kappa shape index (κ2) is 11.9. The standard InChI is InChI=1S/C28H30N4O4/c1-20-5-10-23(11-6-20)30-27(33)19-36-25-14-7-21(17-26(25)35-2)18-29-31-28(34)22-8-12-24(13-9-22)32-15-3-4-16-32/h5-14,17-18H,3-4,15-16,19H2,1-2H3,(H,30,33)(H,31,34)/b29-18-. The maximum Gasteiger partial charge on any atom is 0.271 e. The molecule has 0 spiro atoms. The van der Waals surface area contributed by atoms with Gasteiger partial charge in [-0.15, -0.1) is 0 Å². The first-order valence-corrected chi connectivity index (χ1v) is 11.9. The van der Waals surface area contributed by atoms with Gasteiger partial charge in [-0.3, -0.25) is 9.59 Å². The zero-order valence-electron chi connectivity index (χ0n) is 20.5. The number of amides is 2. The van der Waals surface area contributed by atoms with Crippen LogP contribution in [0.4, 0.5) is 11.4 Å². The second-order valence-electron chi connectivity index (χ2n) is 8.55. The molecule has 2 N–H and O–H groups in total. The number of ether oxygens (including phenoxy) is 2. The summed E-state index contributed by atoms with van der Waals surface area (Å²) in [6.45, 7) is 3.94. The van der Waals surface area contributed by atoms with Gasteiger partial charge in [-0.2, -0.15) is 5.10 Å². The van der Waals surface area contributed by atoms with E-state index in [1.54, 1.807) is 18.2 Å². The molecule has 1 aliphatic heterocycles. The molecule has 0 radical (unpaired) electrons. The largest absolute Gasteiger partial charge is 0.493 e. The van der Waals surface area contributed by atoms with Gasteiger partial charge in [-0.1, -0.05) is 17.7 Å². The van der Waals surface area contributed by atoms with E-state index in [-0.39, 0.29) is 18.4 Å². The fourth-order valence-electron chi connectivity index (χ4n) is 3.89. The molecular weight excluding hydrogens is 456 g/mol. The third kappa shape index (κ3) is 6.63. The predicted molar refractivity (Wildman–Crippen MR) is 141 cm³/mol. The number of hydrazone groups is 1. The summed E-state index contributed by atoms with van der Waals surface area (Å²) < 4.78 is 11.0. The van der Waals surface area contributed by atoms with Gasteiger partial charge in [0.1, 0.15) is 0 Å². The molecule has 0 bridgehead atoms. The van der Waals surface area contributed by atoms with Gasteiger partial charge in [0.15, 0.2) is 18.1 Å². The third-order valence-corrected chi connectivity index (χ3v) is 5.86. The smallest absolute Gasteiger partial charge is 0.271 e. The Morgan fingerprint density at radius 3 is 2.39 bits per heavy atom. The van der Waals surface area contributed by atoms with Crippen LogP contribution in [0, 0.1) is 6.92 Å². The number of carbonyl (C=O) groups is 2. The maximum absolute atomic E-state index is 12.4. The Bertz CT molecular complexity index is 1220. The number of carbonyl (C=O) groups excluding carboxylic acids is 2. The Kier molecular flexibility index (Phi) is 8.18. The van der Waals surface area contributed by atoms with Crippen molar-refractivity contribution in [2.24, 2.45) is 5.10 Å². The highest BCUT2D eigenvalue weighted by Gasteiger charge is 2.13. The monoisotopic (exact) mass is 486 g/mol. The van der Waals surface area contributed by atoms with E-state index in [0.717, 1.165) is 24.3 Å². The number of aryl methyl sites for hydroxylation is 1. The summed E-state index contributed by atoms with van der Waals surface area (Å²) in [7, 11) is 1.52. The summed E-state index contributed by atoms with van der Waals surface area (Å²) in [5, 5.41) is 6.84. The molecule has 1 saturated heterocycles. The molecule has 8 heteroatoms. The first kappa shape index (κ1) is 24.8. The van der Waals surface area contributed by atoms with Gasteiger partial charge < -0.3 is 19.7 Å². The predicted octanol–water partition coefficient (Wildman–Crippen LogP) is 4.39. The summed E-state index contributed by atoms with van der Waals surface area (Å²) in [5.74, 6) is 0.315. The van der Waals surface area contributed by atoms with Crippen LogP contribution in [0.1, 0.15) is 34.3 Å². The average molecular weight is 487 g/mol. The summed E-state index contributed by atoms with van der Waals surface area (Å²) >= 11 is 0. The van der Waals surface area contributed by atoms with Gasteiger partial charge in [-0.05, 0) is 79.9 Å². The van der Waals surface area contributed by atoms with E-state index in [9.17, 15) is 9.59 Å². The van der Waals surface area contributed by atoms with E-state index in [0.29, 0.717) is 28.3 Å². The molecule has 2 amide bonds. The molecule has 0 aliphatic carbocycles. The van der Waals surface area contributed by atoms with E-state index < -0.39 is 0 Å². The molecule has 3 aromatic carbocycles. The molecule has 36 heavy (non-hydrogen) atoms. The number of hydrogen-bond acceptors (Lipinski definition) is 6. The maximum atomic E-state index is 12.4. The van der Waals surface area contributed by atoms with Gasteiger partial charge in [0, 0.05) is 30.0 Å². The fraction of sp³-hybridized carbons (Fsp3) is 0.250. The van der Waals surface area contributed by atoms with Crippen molar-refractivity contribution in [1.82, 2.24) is 5.43 Å². The highest BCUT2D eigenvalue weighted by atomic mass is 16.5. The van der Waals surface area contributed by atoms with Gasteiger partial charge >= 0.3 is 0 Å². The number of nitrogens with zero attached hydrogens (tertiary/aromatic N) is 2. The number of anilines is 2. The average Bonchev–Trinajstić information content (AvgIpc) is 3.44. The van der Waals surface area contributed by atoms with Gasteiger partial charge in [0.2, 0.25) is 0 Å². The Morgan fingerprint density at radius 2 is 1.69 bits per heavy atom. The van der Waals surface area contributed by atoms with Crippen LogP contribution >= 0.6 is 0 Å². The van der Waals surface area contributed by atoms with Gasteiger partial charge in [0.25, 0.3) is 11.8 Å². The lowest BCUT2D eigenvalue weighted by Crippen LogP contribution is -2.20. The van der Waals surface area contributed by atoms with Crippen LogP contribution < -0.4 is 25.1 Å². The van der Waals surface area contributed by atoms with Gasteiger partial charge in [-0.25, -0.2) is 5.43 Å². The molecule has 0 unspecified atom stereocenters. The first-order valence-electron chi connectivity index (χ1n) is 11.9. The van der Waals surface area contributed by atoms with Crippen LogP contribution in [-0.2, 0) is 4.79 Å². The topological polar surface area (TPSA) is 92.3 Å². The second-order valence-corrected chi connectivity index (χ2v) is 8.55. The van der Waals surface area contributed by atoms with E-state index in [1.807, 2.05) is 55.5 Å².